The second-order valence-corrected chi connectivity index (χ2v) is 6.36. The van der Waals surface area contributed by atoms with Crippen LogP contribution in [0.2, 0.25) is 0 Å². The molecule has 1 heterocycles. The fourth-order valence-electron chi connectivity index (χ4n) is 2.71. The largest absolute Gasteiger partial charge is 0.483 e. The monoisotopic (exact) mass is 259 g/mol. The summed E-state index contributed by atoms with van der Waals surface area (Å²) in [4.78, 5) is 2.41. The van der Waals surface area contributed by atoms with Gasteiger partial charge in [0, 0.05) is 29.4 Å². The molecule has 0 atom stereocenters. The standard InChI is InChI=1S/C17H25NO/c1-12(2)18(13(3)4)15-8-7-14-9-10-17(5,6)19-16(14)11-15/h7-13H,1-6H3. The second kappa shape index (κ2) is 4.92. The molecule has 0 spiro atoms. The first-order valence-corrected chi connectivity index (χ1v) is 7.11. The molecule has 0 aromatic heterocycles. The summed E-state index contributed by atoms with van der Waals surface area (Å²) in [6.07, 6.45) is 4.26. The van der Waals surface area contributed by atoms with Gasteiger partial charge in [-0.2, -0.15) is 0 Å². The predicted molar refractivity (Wildman–Crippen MR) is 82.9 cm³/mol. The van der Waals surface area contributed by atoms with Crippen molar-refractivity contribution in [3.8, 4) is 5.75 Å². The number of benzene rings is 1. The third-order valence-corrected chi connectivity index (χ3v) is 3.45. The van der Waals surface area contributed by atoms with Gasteiger partial charge in [-0.3, -0.25) is 0 Å². The molecule has 0 saturated carbocycles. The summed E-state index contributed by atoms with van der Waals surface area (Å²) < 4.78 is 6.06. The van der Waals surface area contributed by atoms with Gasteiger partial charge in [0.15, 0.2) is 0 Å². The third kappa shape index (κ3) is 2.94. The highest BCUT2D eigenvalue weighted by Gasteiger charge is 2.23. The summed E-state index contributed by atoms with van der Waals surface area (Å²) in [6, 6.07) is 7.45. The van der Waals surface area contributed by atoms with Crippen molar-refractivity contribution in [2.75, 3.05) is 4.90 Å². The van der Waals surface area contributed by atoms with Crippen molar-refractivity contribution in [2.24, 2.45) is 0 Å². The highest BCUT2D eigenvalue weighted by atomic mass is 16.5. The Balaban J connectivity index is 2.39. The Morgan fingerprint density at radius 3 is 2.26 bits per heavy atom. The summed E-state index contributed by atoms with van der Waals surface area (Å²) in [5.41, 5.74) is 2.18. The van der Waals surface area contributed by atoms with Gasteiger partial charge < -0.3 is 9.64 Å². The van der Waals surface area contributed by atoms with E-state index in [1.807, 2.05) is 0 Å². The van der Waals surface area contributed by atoms with Crippen molar-refractivity contribution < 1.29 is 4.74 Å². The molecule has 19 heavy (non-hydrogen) atoms. The van der Waals surface area contributed by atoms with Gasteiger partial charge in [0.25, 0.3) is 0 Å². The zero-order chi connectivity index (χ0) is 14.2. The van der Waals surface area contributed by atoms with Crippen LogP contribution in [-0.2, 0) is 0 Å². The Morgan fingerprint density at radius 2 is 1.68 bits per heavy atom. The number of rotatable bonds is 3. The molecule has 0 amide bonds. The van der Waals surface area contributed by atoms with Crippen LogP contribution in [0.4, 0.5) is 5.69 Å². The molecule has 2 nitrogen and oxygen atoms in total. The maximum Gasteiger partial charge on any atom is 0.129 e. The molecule has 0 radical (unpaired) electrons. The minimum Gasteiger partial charge on any atom is -0.483 e. The van der Waals surface area contributed by atoms with E-state index in [-0.39, 0.29) is 5.60 Å². The molecule has 0 aliphatic carbocycles. The van der Waals surface area contributed by atoms with Crippen molar-refractivity contribution in [3.63, 3.8) is 0 Å². The number of anilines is 1. The van der Waals surface area contributed by atoms with Gasteiger partial charge in [0.2, 0.25) is 0 Å². The molecule has 1 aromatic carbocycles. The molecular weight excluding hydrogens is 234 g/mol. The molecule has 104 valence electrons. The molecule has 1 aromatic rings. The van der Waals surface area contributed by atoms with Crippen molar-refractivity contribution in [1.29, 1.82) is 0 Å². The van der Waals surface area contributed by atoms with E-state index in [9.17, 15) is 0 Å². The van der Waals surface area contributed by atoms with E-state index in [1.165, 1.54) is 5.69 Å². The van der Waals surface area contributed by atoms with Crippen LogP contribution in [-0.4, -0.2) is 17.7 Å². The average molecular weight is 259 g/mol. The average Bonchev–Trinajstić information content (AvgIpc) is 2.26. The summed E-state index contributed by atoms with van der Waals surface area (Å²) in [6.45, 7) is 13.1. The molecule has 0 unspecified atom stereocenters. The van der Waals surface area contributed by atoms with Gasteiger partial charge in [0.05, 0.1) is 0 Å². The normalized spacial score (nSPS) is 16.4. The molecule has 2 heteroatoms. The smallest absolute Gasteiger partial charge is 0.129 e. The number of hydrogen-bond acceptors (Lipinski definition) is 2. The lowest BCUT2D eigenvalue weighted by Gasteiger charge is -2.35. The van der Waals surface area contributed by atoms with E-state index in [2.05, 4.69) is 76.8 Å². The summed E-state index contributed by atoms with van der Waals surface area (Å²) in [7, 11) is 0. The first kappa shape index (κ1) is 14.0. The van der Waals surface area contributed by atoms with Crippen LogP contribution in [0.3, 0.4) is 0 Å². The zero-order valence-corrected chi connectivity index (χ0v) is 12.9. The van der Waals surface area contributed by atoms with E-state index in [0.717, 1.165) is 11.3 Å². The van der Waals surface area contributed by atoms with Crippen LogP contribution >= 0.6 is 0 Å². The molecule has 0 N–H and O–H groups in total. The summed E-state index contributed by atoms with van der Waals surface area (Å²) >= 11 is 0. The molecule has 0 saturated heterocycles. The maximum absolute atomic E-state index is 6.06. The SMILES string of the molecule is CC(C)N(c1ccc2c(c1)OC(C)(C)C=C2)C(C)C. The fraction of sp³-hybridized carbons (Fsp3) is 0.529. The van der Waals surface area contributed by atoms with E-state index < -0.39 is 0 Å². The molecule has 2 rings (SSSR count). The Labute approximate surface area is 117 Å². The Bertz CT molecular complexity index is 478. The fourth-order valence-corrected chi connectivity index (χ4v) is 2.71. The molecular formula is C17H25NO. The van der Waals surface area contributed by atoms with Crippen molar-refractivity contribution >= 4 is 11.8 Å². The highest BCUT2D eigenvalue weighted by Crippen LogP contribution is 2.35. The van der Waals surface area contributed by atoms with Crippen LogP contribution in [0.5, 0.6) is 5.75 Å². The van der Waals surface area contributed by atoms with E-state index >= 15 is 0 Å². The summed E-state index contributed by atoms with van der Waals surface area (Å²) in [5.74, 6) is 0.983. The first-order chi connectivity index (χ1) is 8.80. The Morgan fingerprint density at radius 1 is 1.05 bits per heavy atom. The van der Waals surface area contributed by atoms with Crippen LogP contribution in [0.15, 0.2) is 24.3 Å². The van der Waals surface area contributed by atoms with Crippen LogP contribution < -0.4 is 9.64 Å². The van der Waals surface area contributed by atoms with Gasteiger partial charge in [-0.05, 0) is 59.8 Å². The van der Waals surface area contributed by atoms with E-state index in [0.29, 0.717) is 12.1 Å². The van der Waals surface area contributed by atoms with Gasteiger partial charge in [0.1, 0.15) is 11.4 Å². The Hall–Kier alpha value is -1.44. The molecule has 0 fully saturated rings. The van der Waals surface area contributed by atoms with Crippen molar-refractivity contribution in [2.45, 2.75) is 59.2 Å². The second-order valence-electron chi connectivity index (χ2n) is 6.36. The molecule has 1 aliphatic rings. The number of hydrogen-bond donors (Lipinski definition) is 0. The van der Waals surface area contributed by atoms with Gasteiger partial charge in [-0.1, -0.05) is 6.08 Å². The lowest BCUT2D eigenvalue weighted by molar-refractivity contribution is 0.159. The predicted octanol–water partition coefficient (Wildman–Crippen LogP) is 4.49. The van der Waals surface area contributed by atoms with E-state index in [4.69, 9.17) is 4.74 Å². The minimum absolute atomic E-state index is 0.216. The highest BCUT2D eigenvalue weighted by molar-refractivity contribution is 5.66. The van der Waals surface area contributed by atoms with Gasteiger partial charge >= 0.3 is 0 Å². The van der Waals surface area contributed by atoms with Crippen molar-refractivity contribution in [3.05, 3.63) is 29.8 Å². The van der Waals surface area contributed by atoms with Crippen molar-refractivity contribution in [1.82, 2.24) is 0 Å². The van der Waals surface area contributed by atoms with Crippen LogP contribution in [0, 0.1) is 0 Å². The quantitative estimate of drug-likeness (QED) is 0.792. The maximum atomic E-state index is 6.06. The lowest BCUT2D eigenvalue weighted by Crippen LogP contribution is -2.37. The molecule has 0 bridgehead atoms. The van der Waals surface area contributed by atoms with Gasteiger partial charge in [-0.25, -0.2) is 0 Å². The number of ether oxygens (including phenoxy) is 1. The topological polar surface area (TPSA) is 12.5 Å². The lowest BCUT2D eigenvalue weighted by atomic mass is 10.0. The summed E-state index contributed by atoms with van der Waals surface area (Å²) in [5, 5.41) is 0. The van der Waals surface area contributed by atoms with Crippen LogP contribution in [0.1, 0.15) is 47.1 Å². The van der Waals surface area contributed by atoms with Gasteiger partial charge in [-0.15, -0.1) is 0 Å². The Kier molecular flexibility index (Phi) is 3.62. The van der Waals surface area contributed by atoms with E-state index in [1.54, 1.807) is 0 Å². The minimum atomic E-state index is -0.216. The first-order valence-electron chi connectivity index (χ1n) is 7.11. The number of fused-ring (bicyclic) bond motifs is 1. The molecule has 1 aliphatic heterocycles. The third-order valence-electron chi connectivity index (χ3n) is 3.45. The van der Waals surface area contributed by atoms with Crippen LogP contribution in [0.25, 0.3) is 6.08 Å². The number of nitrogens with zero attached hydrogens (tertiary/aromatic N) is 1. The zero-order valence-electron chi connectivity index (χ0n) is 12.9.